The number of halogens is 1. The zero-order valence-electron chi connectivity index (χ0n) is 15.6. The fourth-order valence-electron chi connectivity index (χ4n) is 3.68. The summed E-state index contributed by atoms with van der Waals surface area (Å²) in [5, 5.41) is 8.61. The van der Waals surface area contributed by atoms with Gasteiger partial charge in [0.25, 0.3) is 0 Å². The lowest BCUT2D eigenvalue weighted by molar-refractivity contribution is -0.0145. The highest BCUT2D eigenvalue weighted by molar-refractivity contribution is 5.39. The monoisotopic (exact) mass is 371 g/mol. The second kappa shape index (κ2) is 7.21. The average molecular weight is 371 g/mol. The van der Waals surface area contributed by atoms with Gasteiger partial charge in [0.1, 0.15) is 11.5 Å². The normalized spacial score (nSPS) is 18.1. The lowest BCUT2D eigenvalue weighted by Crippen LogP contribution is -2.39. The number of aryl methyl sites for hydroxylation is 2. The average Bonchev–Trinajstić information content (AvgIpc) is 3.19. The minimum Gasteiger partial charge on any atom is -0.378 e. The Morgan fingerprint density at radius 1 is 1.22 bits per heavy atom. The quantitative estimate of drug-likeness (QED) is 0.702. The number of para-hydroxylation sites is 1. The molecule has 0 spiro atoms. The molecule has 1 saturated heterocycles. The zero-order valence-corrected chi connectivity index (χ0v) is 15.6. The molecule has 2 aromatic heterocycles. The van der Waals surface area contributed by atoms with Crippen LogP contribution in [0.1, 0.15) is 34.7 Å². The van der Waals surface area contributed by atoms with Crippen molar-refractivity contribution in [3.8, 4) is 5.69 Å². The van der Waals surface area contributed by atoms with E-state index in [0.29, 0.717) is 37.2 Å². The first-order valence-electron chi connectivity index (χ1n) is 8.96. The predicted molar refractivity (Wildman–Crippen MR) is 96.0 cm³/mol. The molecule has 1 aromatic carbocycles. The van der Waals surface area contributed by atoms with Crippen LogP contribution in [0.5, 0.6) is 0 Å². The molecule has 8 heteroatoms. The van der Waals surface area contributed by atoms with Crippen LogP contribution in [0.15, 0.2) is 28.8 Å². The van der Waals surface area contributed by atoms with E-state index in [1.54, 1.807) is 23.7 Å². The van der Waals surface area contributed by atoms with Gasteiger partial charge in [0.05, 0.1) is 31.5 Å². The maximum Gasteiger partial charge on any atom is 0.223 e. The van der Waals surface area contributed by atoms with Gasteiger partial charge in [-0.3, -0.25) is 4.90 Å². The van der Waals surface area contributed by atoms with Crippen molar-refractivity contribution < 1.29 is 13.7 Å². The standard InChI is InChI=1S/C19H22FN5O2/c1-12-19(13(2)25(22-12)16-7-5-4-6-15(16)20)17-11-26-9-8-24(17)10-18-21-14(3)27-23-18/h4-7,17H,8-11H2,1-3H3/t17-/m1/s1. The number of morpholine rings is 1. The molecular formula is C19H22FN5O2. The molecule has 1 fully saturated rings. The minimum atomic E-state index is -0.298. The van der Waals surface area contributed by atoms with E-state index in [-0.39, 0.29) is 11.9 Å². The molecule has 0 saturated carbocycles. The van der Waals surface area contributed by atoms with Gasteiger partial charge >= 0.3 is 0 Å². The van der Waals surface area contributed by atoms with E-state index in [1.807, 2.05) is 19.9 Å². The first-order chi connectivity index (χ1) is 13.0. The van der Waals surface area contributed by atoms with Crippen molar-refractivity contribution in [1.82, 2.24) is 24.8 Å². The molecule has 0 aliphatic carbocycles. The molecule has 4 rings (SSSR count). The van der Waals surface area contributed by atoms with Gasteiger partial charge in [0, 0.05) is 24.7 Å². The first-order valence-corrected chi connectivity index (χ1v) is 8.96. The molecule has 0 unspecified atom stereocenters. The van der Waals surface area contributed by atoms with Crippen LogP contribution in [0, 0.1) is 26.6 Å². The van der Waals surface area contributed by atoms with Crippen molar-refractivity contribution in [3.05, 3.63) is 58.7 Å². The van der Waals surface area contributed by atoms with Crippen LogP contribution in [0.3, 0.4) is 0 Å². The molecule has 0 bridgehead atoms. The van der Waals surface area contributed by atoms with Crippen molar-refractivity contribution >= 4 is 0 Å². The maximum atomic E-state index is 14.3. The molecule has 7 nitrogen and oxygen atoms in total. The Hall–Kier alpha value is -2.58. The van der Waals surface area contributed by atoms with Crippen LogP contribution >= 0.6 is 0 Å². The second-order valence-corrected chi connectivity index (χ2v) is 6.74. The Labute approximate surface area is 156 Å². The van der Waals surface area contributed by atoms with E-state index in [0.717, 1.165) is 23.5 Å². The molecule has 3 aromatic rings. The summed E-state index contributed by atoms with van der Waals surface area (Å²) in [6, 6.07) is 6.66. The van der Waals surface area contributed by atoms with Gasteiger partial charge in [-0.1, -0.05) is 17.3 Å². The van der Waals surface area contributed by atoms with Gasteiger partial charge in [0.2, 0.25) is 5.89 Å². The lowest BCUT2D eigenvalue weighted by atomic mass is 10.0. The van der Waals surface area contributed by atoms with E-state index in [4.69, 9.17) is 9.26 Å². The third-order valence-electron chi connectivity index (χ3n) is 4.91. The van der Waals surface area contributed by atoms with E-state index in [1.165, 1.54) is 6.07 Å². The van der Waals surface area contributed by atoms with Gasteiger partial charge in [-0.15, -0.1) is 0 Å². The Bertz CT molecular complexity index is 951. The number of ether oxygens (including phenoxy) is 1. The maximum absolute atomic E-state index is 14.3. The van der Waals surface area contributed by atoms with E-state index in [9.17, 15) is 4.39 Å². The zero-order chi connectivity index (χ0) is 19.0. The van der Waals surface area contributed by atoms with Crippen LogP contribution in [-0.2, 0) is 11.3 Å². The summed E-state index contributed by atoms with van der Waals surface area (Å²) in [5.74, 6) is 0.902. The summed E-state index contributed by atoms with van der Waals surface area (Å²) in [6.45, 7) is 8.20. The molecule has 0 radical (unpaired) electrons. The fraction of sp³-hybridized carbons (Fsp3) is 0.421. The molecule has 27 heavy (non-hydrogen) atoms. The lowest BCUT2D eigenvalue weighted by Gasteiger charge is -2.35. The van der Waals surface area contributed by atoms with Gasteiger partial charge in [-0.25, -0.2) is 9.07 Å². The molecule has 142 valence electrons. The van der Waals surface area contributed by atoms with Crippen molar-refractivity contribution in [2.24, 2.45) is 0 Å². The van der Waals surface area contributed by atoms with Crippen molar-refractivity contribution in [2.45, 2.75) is 33.4 Å². The molecule has 0 amide bonds. The smallest absolute Gasteiger partial charge is 0.223 e. The van der Waals surface area contributed by atoms with Crippen LogP contribution in [0.4, 0.5) is 4.39 Å². The summed E-state index contributed by atoms with van der Waals surface area (Å²) >= 11 is 0. The largest absolute Gasteiger partial charge is 0.378 e. The number of benzene rings is 1. The highest BCUT2D eigenvalue weighted by Crippen LogP contribution is 2.31. The van der Waals surface area contributed by atoms with Crippen molar-refractivity contribution in [2.75, 3.05) is 19.8 Å². The van der Waals surface area contributed by atoms with Gasteiger partial charge in [0.15, 0.2) is 5.82 Å². The Balaban J connectivity index is 1.69. The highest BCUT2D eigenvalue weighted by atomic mass is 19.1. The van der Waals surface area contributed by atoms with E-state index in [2.05, 4.69) is 20.1 Å². The highest BCUT2D eigenvalue weighted by Gasteiger charge is 2.31. The number of nitrogens with zero attached hydrogens (tertiary/aromatic N) is 5. The topological polar surface area (TPSA) is 69.2 Å². The first kappa shape index (κ1) is 17.8. The van der Waals surface area contributed by atoms with Gasteiger partial charge in [-0.2, -0.15) is 10.1 Å². The number of aromatic nitrogens is 4. The third kappa shape index (κ3) is 3.38. The van der Waals surface area contributed by atoms with Crippen LogP contribution in [0.25, 0.3) is 5.69 Å². The SMILES string of the molecule is Cc1nc(CN2CCOC[C@@H]2c2c(C)nn(-c3ccccc3F)c2C)no1. The number of hydrogen-bond donors (Lipinski definition) is 0. The minimum absolute atomic E-state index is 0.00178. The predicted octanol–water partition coefficient (Wildman–Crippen LogP) is 2.89. The Morgan fingerprint density at radius 3 is 2.78 bits per heavy atom. The van der Waals surface area contributed by atoms with Crippen molar-refractivity contribution in [1.29, 1.82) is 0 Å². The molecule has 3 heterocycles. The number of rotatable bonds is 4. The third-order valence-corrected chi connectivity index (χ3v) is 4.91. The molecule has 1 aliphatic heterocycles. The summed E-state index contributed by atoms with van der Waals surface area (Å²) in [6.07, 6.45) is 0. The molecule has 0 N–H and O–H groups in total. The van der Waals surface area contributed by atoms with E-state index >= 15 is 0 Å². The van der Waals surface area contributed by atoms with Crippen LogP contribution in [-0.4, -0.2) is 44.6 Å². The summed E-state index contributed by atoms with van der Waals surface area (Å²) in [5.41, 5.74) is 3.27. The molecule has 1 aliphatic rings. The fourth-order valence-corrected chi connectivity index (χ4v) is 3.68. The number of hydrogen-bond acceptors (Lipinski definition) is 6. The Kier molecular flexibility index (Phi) is 4.75. The summed E-state index contributed by atoms with van der Waals surface area (Å²) in [4.78, 5) is 6.57. The van der Waals surface area contributed by atoms with Gasteiger partial charge < -0.3 is 9.26 Å². The van der Waals surface area contributed by atoms with Gasteiger partial charge in [-0.05, 0) is 26.0 Å². The second-order valence-electron chi connectivity index (χ2n) is 6.74. The Morgan fingerprint density at radius 2 is 2.04 bits per heavy atom. The van der Waals surface area contributed by atoms with Crippen LogP contribution < -0.4 is 0 Å². The molecular weight excluding hydrogens is 349 g/mol. The molecule has 1 atom stereocenters. The van der Waals surface area contributed by atoms with Crippen molar-refractivity contribution in [3.63, 3.8) is 0 Å². The van der Waals surface area contributed by atoms with E-state index < -0.39 is 0 Å². The summed E-state index contributed by atoms with van der Waals surface area (Å²) < 4.78 is 26.8. The van der Waals surface area contributed by atoms with Crippen LogP contribution in [0.2, 0.25) is 0 Å². The summed E-state index contributed by atoms with van der Waals surface area (Å²) in [7, 11) is 0.